The van der Waals surface area contributed by atoms with Gasteiger partial charge in [-0.25, -0.2) is 0 Å². The van der Waals surface area contributed by atoms with Crippen molar-refractivity contribution in [3.8, 4) is 17.2 Å². The van der Waals surface area contributed by atoms with E-state index in [9.17, 15) is 0 Å². The lowest BCUT2D eigenvalue weighted by Gasteiger charge is -2.02. The van der Waals surface area contributed by atoms with E-state index in [0.29, 0.717) is 22.6 Å². The first kappa shape index (κ1) is 14.1. The zero-order valence-electron chi connectivity index (χ0n) is 10.8. The van der Waals surface area contributed by atoms with Gasteiger partial charge in [-0.2, -0.15) is 0 Å². The first-order valence-electron chi connectivity index (χ1n) is 6.17. The van der Waals surface area contributed by atoms with Crippen molar-refractivity contribution in [1.29, 1.82) is 0 Å². The molecular formula is C15H10BrClN2O2. The van der Waals surface area contributed by atoms with Crippen LogP contribution in [0.5, 0.6) is 5.75 Å². The number of rotatable bonds is 4. The highest BCUT2D eigenvalue weighted by Crippen LogP contribution is 2.22. The fraction of sp³-hybridized carbons (Fsp3) is 0.0667. The van der Waals surface area contributed by atoms with E-state index in [1.807, 2.05) is 36.4 Å². The maximum atomic E-state index is 5.89. The molecule has 0 N–H and O–H groups in total. The van der Waals surface area contributed by atoms with Gasteiger partial charge in [-0.15, -0.1) is 10.2 Å². The third-order valence-corrected chi connectivity index (χ3v) is 3.48. The molecule has 3 rings (SSSR count). The molecule has 0 bridgehead atoms. The van der Waals surface area contributed by atoms with Gasteiger partial charge >= 0.3 is 0 Å². The lowest BCUT2D eigenvalue weighted by molar-refractivity contribution is 0.264. The Morgan fingerprint density at radius 3 is 2.67 bits per heavy atom. The molecule has 0 aliphatic heterocycles. The summed E-state index contributed by atoms with van der Waals surface area (Å²) in [6.07, 6.45) is 0. The topological polar surface area (TPSA) is 48.2 Å². The molecule has 3 aromatic rings. The number of nitrogens with zero attached hydrogens (tertiary/aromatic N) is 2. The second-order valence-electron chi connectivity index (χ2n) is 4.25. The summed E-state index contributed by atoms with van der Waals surface area (Å²) >= 11 is 9.27. The average molecular weight is 366 g/mol. The smallest absolute Gasteiger partial charge is 0.254 e. The largest absolute Gasteiger partial charge is 0.484 e. The predicted molar refractivity (Wildman–Crippen MR) is 83.2 cm³/mol. The van der Waals surface area contributed by atoms with Crippen LogP contribution in [0.4, 0.5) is 0 Å². The fourth-order valence-electron chi connectivity index (χ4n) is 1.72. The molecule has 0 saturated heterocycles. The Morgan fingerprint density at radius 1 is 1.10 bits per heavy atom. The molecule has 0 fully saturated rings. The second kappa shape index (κ2) is 6.28. The quantitative estimate of drug-likeness (QED) is 0.670. The fourth-order valence-corrected chi connectivity index (χ4v) is 2.17. The molecule has 0 spiro atoms. The van der Waals surface area contributed by atoms with Crippen LogP contribution in [0.15, 0.2) is 57.4 Å². The van der Waals surface area contributed by atoms with Crippen LogP contribution in [0.25, 0.3) is 11.5 Å². The summed E-state index contributed by atoms with van der Waals surface area (Å²) in [7, 11) is 0. The normalized spacial score (nSPS) is 10.6. The Balaban J connectivity index is 1.69. The van der Waals surface area contributed by atoms with E-state index in [1.165, 1.54) is 0 Å². The minimum absolute atomic E-state index is 0.198. The summed E-state index contributed by atoms with van der Waals surface area (Å²) in [5, 5.41) is 8.59. The Labute approximate surface area is 134 Å². The Morgan fingerprint density at radius 2 is 1.90 bits per heavy atom. The number of aromatic nitrogens is 2. The summed E-state index contributed by atoms with van der Waals surface area (Å²) in [6.45, 7) is 0.198. The highest BCUT2D eigenvalue weighted by atomic mass is 79.9. The van der Waals surface area contributed by atoms with E-state index in [-0.39, 0.29) is 6.61 Å². The van der Waals surface area contributed by atoms with Crippen LogP contribution >= 0.6 is 27.5 Å². The summed E-state index contributed by atoms with van der Waals surface area (Å²) < 4.78 is 12.1. The van der Waals surface area contributed by atoms with Crippen molar-refractivity contribution in [2.45, 2.75) is 6.61 Å². The van der Waals surface area contributed by atoms with Gasteiger partial charge in [-0.3, -0.25) is 0 Å². The minimum Gasteiger partial charge on any atom is -0.484 e. The van der Waals surface area contributed by atoms with Gasteiger partial charge in [0.15, 0.2) is 6.61 Å². The molecule has 1 heterocycles. The first-order chi connectivity index (χ1) is 10.2. The summed E-state index contributed by atoms with van der Waals surface area (Å²) in [6, 6.07) is 14.8. The van der Waals surface area contributed by atoms with Crippen molar-refractivity contribution in [2.75, 3.05) is 0 Å². The molecule has 0 radical (unpaired) electrons. The molecular weight excluding hydrogens is 356 g/mol. The van der Waals surface area contributed by atoms with Gasteiger partial charge in [-0.05, 0) is 42.5 Å². The minimum atomic E-state index is 0.198. The Kier molecular flexibility index (Phi) is 4.22. The standard InChI is InChI=1S/C15H10BrClN2O2/c16-11-6-4-10(5-7-11)15-19-18-14(21-15)9-20-13-3-1-2-12(17)8-13/h1-8H,9H2. The average Bonchev–Trinajstić information content (AvgIpc) is 2.95. The molecule has 1 aromatic heterocycles. The van der Waals surface area contributed by atoms with Gasteiger partial charge in [0.2, 0.25) is 5.89 Å². The molecule has 0 saturated carbocycles. The van der Waals surface area contributed by atoms with Gasteiger partial charge in [0.25, 0.3) is 5.89 Å². The zero-order chi connectivity index (χ0) is 14.7. The summed E-state index contributed by atoms with van der Waals surface area (Å²) in [5.41, 5.74) is 0.861. The number of halogens is 2. The van der Waals surface area contributed by atoms with Gasteiger partial charge < -0.3 is 9.15 Å². The van der Waals surface area contributed by atoms with Gasteiger partial charge in [0.1, 0.15) is 5.75 Å². The lowest BCUT2D eigenvalue weighted by atomic mass is 10.2. The monoisotopic (exact) mass is 364 g/mol. The number of hydrogen-bond acceptors (Lipinski definition) is 4. The van der Waals surface area contributed by atoms with E-state index >= 15 is 0 Å². The Hall–Kier alpha value is -1.85. The first-order valence-corrected chi connectivity index (χ1v) is 7.34. The van der Waals surface area contributed by atoms with E-state index in [0.717, 1.165) is 10.0 Å². The van der Waals surface area contributed by atoms with Crippen molar-refractivity contribution in [3.05, 3.63) is 63.9 Å². The molecule has 21 heavy (non-hydrogen) atoms. The molecule has 4 nitrogen and oxygen atoms in total. The number of hydrogen-bond donors (Lipinski definition) is 0. The number of ether oxygens (including phenoxy) is 1. The van der Waals surface area contributed by atoms with Crippen LogP contribution in [0.2, 0.25) is 5.02 Å². The predicted octanol–water partition coefficient (Wildman–Crippen LogP) is 4.73. The third kappa shape index (κ3) is 3.62. The van der Waals surface area contributed by atoms with E-state index < -0.39 is 0 Å². The SMILES string of the molecule is Clc1cccc(OCc2nnc(-c3ccc(Br)cc3)o2)c1. The van der Waals surface area contributed by atoms with Gasteiger partial charge in [0.05, 0.1) is 0 Å². The third-order valence-electron chi connectivity index (χ3n) is 2.72. The van der Waals surface area contributed by atoms with Crippen molar-refractivity contribution in [2.24, 2.45) is 0 Å². The molecule has 0 aliphatic carbocycles. The van der Waals surface area contributed by atoms with Crippen LogP contribution in [0, 0.1) is 0 Å². The highest BCUT2D eigenvalue weighted by molar-refractivity contribution is 9.10. The number of benzene rings is 2. The summed E-state index contributed by atoms with van der Waals surface area (Å²) in [5.74, 6) is 1.53. The lowest BCUT2D eigenvalue weighted by Crippen LogP contribution is -1.95. The van der Waals surface area contributed by atoms with Crippen LogP contribution in [-0.4, -0.2) is 10.2 Å². The highest BCUT2D eigenvalue weighted by Gasteiger charge is 2.09. The van der Waals surface area contributed by atoms with Crippen LogP contribution in [0.3, 0.4) is 0 Å². The molecule has 0 amide bonds. The maximum absolute atomic E-state index is 5.89. The molecule has 2 aromatic carbocycles. The van der Waals surface area contributed by atoms with E-state index in [4.69, 9.17) is 20.8 Å². The summed E-state index contributed by atoms with van der Waals surface area (Å²) in [4.78, 5) is 0. The van der Waals surface area contributed by atoms with Gasteiger partial charge in [-0.1, -0.05) is 33.6 Å². The maximum Gasteiger partial charge on any atom is 0.254 e. The van der Waals surface area contributed by atoms with Gasteiger partial charge in [0, 0.05) is 15.1 Å². The second-order valence-corrected chi connectivity index (χ2v) is 5.61. The van der Waals surface area contributed by atoms with Crippen molar-refractivity contribution >= 4 is 27.5 Å². The van der Waals surface area contributed by atoms with E-state index in [2.05, 4.69) is 26.1 Å². The zero-order valence-corrected chi connectivity index (χ0v) is 13.1. The van der Waals surface area contributed by atoms with Crippen LogP contribution < -0.4 is 4.74 Å². The molecule has 0 unspecified atom stereocenters. The van der Waals surface area contributed by atoms with Crippen LogP contribution in [-0.2, 0) is 6.61 Å². The van der Waals surface area contributed by atoms with Crippen molar-refractivity contribution < 1.29 is 9.15 Å². The van der Waals surface area contributed by atoms with Crippen molar-refractivity contribution in [1.82, 2.24) is 10.2 Å². The molecule has 0 aliphatic rings. The molecule has 6 heteroatoms. The Bertz CT molecular complexity index is 743. The molecule has 106 valence electrons. The molecule has 0 atom stereocenters. The van der Waals surface area contributed by atoms with Crippen molar-refractivity contribution in [3.63, 3.8) is 0 Å². The van der Waals surface area contributed by atoms with E-state index in [1.54, 1.807) is 12.1 Å². The van der Waals surface area contributed by atoms with Crippen LogP contribution in [0.1, 0.15) is 5.89 Å².